The molecule has 4 rings (SSSR count). The van der Waals surface area contributed by atoms with Gasteiger partial charge in [0.05, 0.1) is 10.3 Å². The number of carbonyl (C=O) groups is 1. The van der Waals surface area contributed by atoms with E-state index in [1.807, 2.05) is 42.7 Å². The van der Waals surface area contributed by atoms with Gasteiger partial charge in [-0.3, -0.25) is 4.79 Å². The third-order valence-electron chi connectivity index (χ3n) is 4.45. The molecule has 1 aliphatic rings. The Hall–Kier alpha value is -2.12. The molecule has 1 aliphatic heterocycles. The molecule has 0 bridgehead atoms. The first-order valence-corrected chi connectivity index (χ1v) is 10.8. The summed E-state index contributed by atoms with van der Waals surface area (Å²) in [5.41, 5.74) is 0.794. The maximum absolute atomic E-state index is 12.7. The molecule has 0 spiro atoms. The summed E-state index contributed by atoms with van der Waals surface area (Å²) >= 11 is 2.97. The van der Waals surface area contributed by atoms with Gasteiger partial charge in [0, 0.05) is 18.8 Å². The second-order valence-corrected chi connectivity index (χ2v) is 8.04. The van der Waals surface area contributed by atoms with Crippen LogP contribution in [0.2, 0.25) is 0 Å². The van der Waals surface area contributed by atoms with Crippen molar-refractivity contribution in [1.82, 2.24) is 9.97 Å². The predicted octanol–water partition coefficient (Wildman–Crippen LogP) is 4.66. The zero-order chi connectivity index (χ0) is 17.9. The van der Waals surface area contributed by atoms with E-state index in [4.69, 9.17) is 4.98 Å². The lowest BCUT2D eigenvalue weighted by molar-refractivity contribution is 0.103. The lowest BCUT2D eigenvalue weighted by Crippen LogP contribution is -2.30. The SMILES string of the molecule is CSc1nc(N2CCCCC2)c2cc(C(=O)Nc3ccccc3)sc2n1. The largest absolute Gasteiger partial charge is 0.356 e. The zero-order valence-electron chi connectivity index (χ0n) is 14.6. The van der Waals surface area contributed by atoms with Crippen molar-refractivity contribution in [3.8, 4) is 0 Å². The normalized spacial score (nSPS) is 14.6. The molecule has 7 heteroatoms. The van der Waals surface area contributed by atoms with Crippen LogP contribution in [-0.4, -0.2) is 35.2 Å². The fraction of sp³-hybridized carbons (Fsp3) is 0.316. The highest BCUT2D eigenvalue weighted by Crippen LogP contribution is 2.34. The van der Waals surface area contributed by atoms with Gasteiger partial charge in [-0.2, -0.15) is 0 Å². The second-order valence-electron chi connectivity index (χ2n) is 6.23. The van der Waals surface area contributed by atoms with Crippen LogP contribution in [0.3, 0.4) is 0 Å². The van der Waals surface area contributed by atoms with Gasteiger partial charge in [-0.1, -0.05) is 30.0 Å². The number of aromatic nitrogens is 2. The Kier molecular flexibility index (Phi) is 5.08. The number of carbonyl (C=O) groups excluding carboxylic acids is 1. The van der Waals surface area contributed by atoms with Crippen molar-refractivity contribution in [2.24, 2.45) is 0 Å². The number of nitrogens with one attached hydrogen (secondary N) is 1. The van der Waals surface area contributed by atoms with Gasteiger partial charge in [0.15, 0.2) is 5.16 Å². The number of hydrogen-bond acceptors (Lipinski definition) is 6. The molecule has 26 heavy (non-hydrogen) atoms. The van der Waals surface area contributed by atoms with E-state index in [9.17, 15) is 4.79 Å². The van der Waals surface area contributed by atoms with Crippen LogP contribution in [0.15, 0.2) is 41.6 Å². The Bertz CT molecular complexity index is 920. The number of fused-ring (bicyclic) bond motifs is 1. The van der Waals surface area contributed by atoms with Crippen LogP contribution in [0.25, 0.3) is 10.2 Å². The number of benzene rings is 1. The molecule has 0 saturated carbocycles. The summed E-state index contributed by atoms with van der Waals surface area (Å²) in [5, 5.41) is 4.69. The standard InChI is InChI=1S/C19H20N4OS2/c1-25-19-21-16(23-10-6-3-7-11-23)14-12-15(26-18(14)22-19)17(24)20-13-8-4-2-5-9-13/h2,4-5,8-9,12H,3,6-7,10-11H2,1H3,(H,20,24). The first-order chi connectivity index (χ1) is 12.7. The molecule has 3 aromatic rings. The van der Waals surface area contributed by atoms with E-state index in [1.165, 1.54) is 42.4 Å². The Morgan fingerprint density at radius 3 is 2.65 bits per heavy atom. The molecule has 1 saturated heterocycles. The number of piperidine rings is 1. The molecule has 1 N–H and O–H groups in total. The molecular formula is C19H20N4OS2. The summed E-state index contributed by atoms with van der Waals surface area (Å²) in [5.74, 6) is 0.864. The summed E-state index contributed by atoms with van der Waals surface area (Å²) < 4.78 is 0. The quantitative estimate of drug-likeness (QED) is 0.524. The first-order valence-electron chi connectivity index (χ1n) is 8.71. The molecule has 0 aliphatic carbocycles. The number of amides is 1. The predicted molar refractivity (Wildman–Crippen MR) is 110 cm³/mol. The van der Waals surface area contributed by atoms with Crippen molar-refractivity contribution < 1.29 is 4.79 Å². The van der Waals surface area contributed by atoms with Gasteiger partial charge in [-0.15, -0.1) is 11.3 Å². The summed E-state index contributed by atoms with van der Waals surface area (Å²) in [7, 11) is 0. The molecule has 0 unspecified atom stereocenters. The van der Waals surface area contributed by atoms with Gasteiger partial charge in [0.25, 0.3) is 5.91 Å². The molecule has 1 fully saturated rings. The Balaban J connectivity index is 1.70. The Labute approximate surface area is 160 Å². The summed E-state index contributed by atoms with van der Waals surface area (Å²) in [6.45, 7) is 2.03. The van der Waals surface area contributed by atoms with Gasteiger partial charge < -0.3 is 10.2 Å². The molecule has 5 nitrogen and oxygen atoms in total. The van der Waals surface area contributed by atoms with E-state index >= 15 is 0 Å². The number of anilines is 2. The van der Waals surface area contributed by atoms with E-state index in [0.29, 0.717) is 4.88 Å². The minimum atomic E-state index is -0.102. The molecule has 3 heterocycles. The lowest BCUT2D eigenvalue weighted by atomic mass is 10.1. The molecule has 2 aromatic heterocycles. The van der Waals surface area contributed by atoms with Crippen molar-refractivity contribution in [1.29, 1.82) is 0 Å². The number of para-hydroxylation sites is 1. The van der Waals surface area contributed by atoms with Crippen LogP contribution in [0.4, 0.5) is 11.5 Å². The van der Waals surface area contributed by atoms with Crippen LogP contribution in [0.5, 0.6) is 0 Å². The maximum Gasteiger partial charge on any atom is 0.265 e. The van der Waals surface area contributed by atoms with E-state index in [-0.39, 0.29) is 5.91 Å². The number of thioether (sulfide) groups is 1. The first kappa shape index (κ1) is 17.3. The van der Waals surface area contributed by atoms with Gasteiger partial charge >= 0.3 is 0 Å². The number of rotatable bonds is 4. The third kappa shape index (κ3) is 3.54. The van der Waals surface area contributed by atoms with Crippen molar-refractivity contribution in [2.45, 2.75) is 24.4 Å². The monoisotopic (exact) mass is 384 g/mol. The van der Waals surface area contributed by atoms with Crippen LogP contribution < -0.4 is 10.2 Å². The van der Waals surface area contributed by atoms with Crippen LogP contribution in [0, 0.1) is 0 Å². The van der Waals surface area contributed by atoms with E-state index < -0.39 is 0 Å². The van der Waals surface area contributed by atoms with Crippen LogP contribution in [0.1, 0.15) is 28.9 Å². The van der Waals surface area contributed by atoms with Crippen LogP contribution in [-0.2, 0) is 0 Å². The molecule has 0 radical (unpaired) electrons. The number of nitrogens with zero attached hydrogens (tertiary/aromatic N) is 3. The molecule has 0 atom stereocenters. The topological polar surface area (TPSA) is 58.1 Å². The molecule has 1 amide bonds. The average molecular weight is 385 g/mol. The molecular weight excluding hydrogens is 364 g/mol. The van der Waals surface area contributed by atoms with E-state index in [0.717, 1.165) is 40.0 Å². The van der Waals surface area contributed by atoms with E-state index in [1.54, 1.807) is 0 Å². The third-order valence-corrected chi connectivity index (χ3v) is 6.02. The lowest BCUT2D eigenvalue weighted by Gasteiger charge is -2.28. The smallest absolute Gasteiger partial charge is 0.265 e. The highest BCUT2D eigenvalue weighted by molar-refractivity contribution is 7.98. The number of hydrogen-bond donors (Lipinski definition) is 1. The van der Waals surface area contributed by atoms with Gasteiger partial charge in [0.2, 0.25) is 0 Å². The van der Waals surface area contributed by atoms with Crippen molar-refractivity contribution in [3.63, 3.8) is 0 Å². The maximum atomic E-state index is 12.7. The summed E-state index contributed by atoms with van der Waals surface area (Å²) in [6.07, 6.45) is 5.63. The fourth-order valence-corrected chi connectivity index (χ4v) is 4.49. The Morgan fingerprint density at radius 1 is 1.15 bits per heavy atom. The van der Waals surface area contributed by atoms with E-state index in [2.05, 4.69) is 15.2 Å². The van der Waals surface area contributed by atoms with Gasteiger partial charge in [-0.25, -0.2) is 9.97 Å². The molecule has 1 aromatic carbocycles. The van der Waals surface area contributed by atoms with Crippen molar-refractivity contribution in [3.05, 3.63) is 41.3 Å². The van der Waals surface area contributed by atoms with Crippen molar-refractivity contribution in [2.75, 3.05) is 29.6 Å². The van der Waals surface area contributed by atoms with Crippen LogP contribution >= 0.6 is 23.1 Å². The molecule has 134 valence electrons. The minimum absolute atomic E-state index is 0.102. The fourth-order valence-electron chi connectivity index (χ4n) is 3.15. The van der Waals surface area contributed by atoms with Gasteiger partial charge in [0.1, 0.15) is 10.6 Å². The highest BCUT2D eigenvalue weighted by Gasteiger charge is 2.20. The highest BCUT2D eigenvalue weighted by atomic mass is 32.2. The van der Waals surface area contributed by atoms with Gasteiger partial charge in [-0.05, 0) is 43.7 Å². The van der Waals surface area contributed by atoms with Crippen molar-refractivity contribution >= 4 is 50.7 Å². The summed E-state index contributed by atoms with van der Waals surface area (Å²) in [6, 6.07) is 11.5. The minimum Gasteiger partial charge on any atom is -0.356 e. The second kappa shape index (κ2) is 7.63. The average Bonchev–Trinajstić information content (AvgIpc) is 3.13. The summed E-state index contributed by atoms with van der Waals surface area (Å²) in [4.78, 5) is 25.9. The zero-order valence-corrected chi connectivity index (χ0v) is 16.2. The Morgan fingerprint density at radius 2 is 1.92 bits per heavy atom. The number of thiophene rings is 1.